The SMILES string of the molecule is CCCC(=O)Nc1cccc(CN=C(N)NCC2CCC2)c1.I. The van der Waals surface area contributed by atoms with Gasteiger partial charge in [-0.25, -0.2) is 4.99 Å². The number of hydrogen-bond acceptors (Lipinski definition) is 2. The van der Waals surface area contributed by atoms with Gasteiger partial charge in [0, 0.05) is 18.7 Å². The van der Waals surface area contributed by atoms with E-state index >= 15 is 0 Å². The largest absolute Gasteiger partial charge is 0.370 e. The van der Waals surface area contributed by atoms with Crippen molar-refractivity contribution in [1.29, 1.82) is 0 Å². The van der Waals surface area contributed by atoms with Crippen molar-refractivity contribution in [2.24, 2.45) is 16.6 Å². The first kappa shape index (κ1) is 19.7. The number of hydrogen-bond donors (Lipinski definition) is 3. The number of rotatable bonds is 7. The predicted octanol–water partition coefficient (Wildman–Crippen LogP) is 3.25. The number of benzene rings is 1. The van der Waals surface area contributed by atoms with Crippen molar-refractivity contribution in [3.8, 4) is 0 Å². The van der Waals surface area contributed by atoms with Crippen LogP contribution < -0.4 is 16.4 Å². The van der Waals surface area contributed by atoms with Crippen LogP contribution in [0.4, 0.5) is 5.69 Å². The first-order valence-corrected chi connectivity index (χ1v) is 8.10. The summed E-state index contributed by atoms with van der Waals surface area (Å²) in [4.78, 5) is 16.0. The quantitative estimate of drug-likeness (QED) is 0.353. The van der Waals surface area contributed by atoms with Crippen LogP contribution in [-0.4, -0.2) is 18.4 Å². The number of carbonyl (C=O) groups excluding carboxylic acids is 1. The summed E-state index contributed by atoms with van der Waals surface area (Å²) in [6, 6.07) is 7.73. The van der Waals surface area contributed by atoms with E-state index < -0.39 is 0 Å². The third-order valence-electron chi connectivity index (χ3n) is 3.92. The Hall–Kier alpha value is -1.31. The van der Waals surface area contributed by atoms with Crippen LogP contribution >= 0.6 is 24.0 Å². The first-order valence-electron chi connectivity index (χ1n) is 8.10. The molecule has 0 aromatic heterocycles. The monoisotopic (exact) mass is 430 g/mol. The molecule has 0 radical (unpaired) electrons. The molecule has 128 valence electrons. The third kappa shape index (κ3) is 7.20. The number of aliphatic imine (C=N–C) groups is 1. The number of amides is 1. The fraction of sp³-hybridized carbons (Fsp3) is 0.529. The molecule has 0 unspecified atom stereocenters. The molecule has 1 aliphatic rings. The van der Waals surface area contributed by atoms with Gasteiger partial charge in [-0.05, 0) is 42.9 Å². The highest BCUT2D eigenvalue weighted by atomic mass is 127. The topological polar surface area (TPSA) is 79.5 Å². The third-order valence-corrected chi connectivity index (χ3v) is 3.92. The van der Waals surface area contributed by atoms with Gasteiger partial charge in [0.25, 0.3) is 0 Å². The number of nitrogens with zero attached hydrogens (tertiary/aromatic N) is 1. The van der Waals surface area contributed by atoms with E-state index in [4.69, 9.17) is 5.73 Å². The lowest BCUT2D eigenvalue weighted by Gasteiger charge is -2.25. The molecule has 2 rings (SSSR count). The molecular weight excluding hydrogens is 403 g/mol. The van der Waals surface area contributed by atoms with E-state index in [0.29, 0.717) is 18.9 Å². The molecule has 0 heterocycles. The first-order chi connectivity index (χ1) is 10.7. The Morgan fingerprint density at radius 3 is 2.83 bits per heavy atom. The van der Waals surface area contributed by atoms with Gasteiger partial charge < -0.3 is 16.4 Å². The van der Waals surface area contributed by atoms with Crippen LogP contribution in [0.2, 0.25) is 0 Å². The molecule has 1 amide bonds. The Labute approximate surface area is 155 Å². The van der Waals surface area contributed by atoms with E-state index in [-0.39, 0.29) is 29.9 Å². The maximum Gasteiger partial charge on any atom is 0.224 e. The van der Waals surface area contributed by atoms with Gasteiger partial charge in [-0.1, -0.05) is 25.5 Å². The van der Waals surface area contributed by atoms with Crippen molar-refractivity contribution in [3.05, 3.63) is 29.8 Å². The summed E-state index contributed by atoms with van der Waals surface area (Å²) in [6.07, 6.45) is 5.30. The number of guanidine groups is 1. The molecule has 1 fully saturated rings. The summed E-state index contributed by atoms with van der Waals surface area (Å²) in [6.45, 7) is 3.42. The van der Waals surface area contributed by atoms with Gasteiger partial charge in [-0.2, -0.15) is 0 Å². The fourth-order valence-electron chi connectivity index (χ4n) is 2.38. The molecule has 23 heavy (non-hydrogen) atoms. The van der Waals surface area contributed by atoms with Crippen LogP contribution in [0.25, 0.3) is 0 Å². The predicted molar refractivity (Wildman–Crippen MR) is 106 cm³/mol. The molecule has 0 saturated heterocycles. The highest BCUT2D eigenvalue weighted by Gasteiger charge is 2.16. The lowest BCUT2D eigenvalue weighted by Crippen LogP contribution is -2.37. The minimum atomic E-state index is 0. The summed E-state index contributed by atoms with van der Waals surface area (Å²) >= 11 is 0. The molecule has 1 aliphatic carbocycles. The number of nitrogens with two attached hydrogens (primary N) is 1. The lowest BCUT2D eigenvalue weighted by atomic mass is 9.85. The van der Waals surface area contributed by atoms with E-state index in [1.807, 2.05) is 31.2 Å². The summed E-state index contributed by atoms with van der Waals surface area (Å²) in [5, 5.41) is 6.07. The van der Waals surface area contributed by atoms with Crippen LogP contribution in [0.15, 0.2) is 29.3 Å². The standard InChI is InChI=1S/C17H26N4O.HI/c1-2-5-16(22)21-15-9-4-8-14(10-15)12-20-17(18)19-11-13-6-3-7-13;/h4,8-10,13H,2-3,5-7,11-12H2,1H3,(H,21,22)(H3,18,19,20);1H. The number of halogens is 1. The number of anilines is 1. The summed E-state index contributed by atoms with van der Waals surface area (Å²) in [7, 11) is 0. The zero-order chi connectivity index (χ0) is 15.8. The van der Waals surface area contributed by atoms with Gasteiger partial charge in [0.2, 0.25) is 5.91 Å². The molecule has 1 aromatic carbocycles. The van der Waals surface area contributed by atoms with Crippen molar-refractivity contribution in [2.45, 2.75) is 45.6 Å². The fourth-order valence-corrected chi connectivity index (χ4v) is 2.38. The summed E-state index contributed by atoms with van der Waals surface area (Å²) < 4.78 is 0. The smallest absolute Gasteiger partial charge is 0.224 e. The Balaban J connectivity index is 0.00000264. The molecule has 0 bridgehead atoms. The van der Waals surface area contributed by atoms with E-state index in [1.54, 1.807) is 0 Å². The second-order valence-electron chi connectivity index (χ2n) is 5.88. The zero-order valence-corrected chi connectivity index (χ0v) is 16.0. The van der Waals surface area contributed by atoms with E-state index in [0.717, 1.165) is 30.1 Å². The van der Waals surface area contributed by atoms with Crippen LogP contribution in [0.3, 0.4) is 0 Å². The van der Waals surface area contributed by atoms with E-state index in [1.165, 1.54) is 19.3 Å². The molecule has 5 nitrogen and oxygen atoms in total. The number of carbonyl (C=O) groups is 1. The van der Waals surface area contributed by atoms with Crippen molar-refractivity contribution < 1.29 is 4.79 Å². The van der Waals surface area contributed by atoms with Crippen LogP contribution in [0.1, 0.15) is 44.6 Å². The van der Waals surface area contributed by atoms with Crippen molar-refractivity contribution in [2.75, 3.05) is 11.9 Å². The van der Waals surface area contributed by atoms with Crippen LogP contribution in [-0.2, 0) is 11.3 Å². The molecule has 0 aliphatic heterocycles. The Morgan fingerprint density at radius 1 is 1.39 bits per heavy atom. The van der Waals surface area contributed by atoms with Crippen molar-refractivity contribution >= 4 is 41.5 Å². The second kappa shape index (κ2) is 10.5. The molecular formula is C17H27IN4O. The number of nitrogens with one attached hydrogen (secondary N) is 2. The average Bonchev–Trinajstić information content (AvgIpc) is 2.44. The normalized spacial score (nSPS) is 14.6. The molecule has 0 atom stereocenters. The highest BCUT2D eigenvalue weighted by molar-refractivity contribution is 14.0. The summed E-state index contributed by atoms with van der Waals surface area (Å²) in [5.41, 5.74) is 7.72. The maximum absolute atomic E-state index is 11.6. The average molecular weight is 430 g/mol. The van der Waals surface area contributed by atoms with Crippen LogP contribution in [0, 0.1) is 5.92 Å². The van der Waals surface area contributed by atoms with Crippen molar-refractivity contribution in [3.63, 3.8) is 0 Å². The Bertz CT molecular complexity index is 529. The molecule has 0 spiro atoms. The van der Waals surface area contributed by atoms with Gasteiger partial charge in [-0.3, -0.25) is 4.79 Å². The lowest BCUT2D eigenvalue weighted by molar-refractivity contribution is -0.116. The maximum atomic E-state index is 11.6. The Morgan fingerprint density at radius 2 is 2.17 bits per heavy atom. The molecule has 4 N–H and O–H groups in total. The van der Waals surface area contributed by atoms with Gasteiger partial charge in [-0.15, -0.1) is 24.0 Å². The molecule has 6 heteroatoms. The second-order valence-corrected chi connectivity index (χ2v) is 5.88. The van der Waals surface area contributed by atoms with E-state index in [9.17, 15) is 4.79 Å². The van der Waals surface area contributed by atoms with E-state index in [2.05, 4.69) is 15.6 Å². The van der Waals surface area contributed by atoms with Gasteiger partial charge in [0.1, 0.15) is 0 Å². The van der Waals surface area contributed by atoms with Gasteiger partial charge in [0.05, 0.1) is 6.54 Å². The highest BCUT2D eigenvalue weighted by Crippen LogP contribution is 2.25. The van der Waals surface area contributed by atoms with Crippen LogP contribution in [0.5, 0.6) is 0 Å². The summed E-state index contributed by atoms with van der Waals surface area (Å²) in [5.74, 6) is 1.29. The van der Waals surface area contributed by atoms with Crippen molar-refractivity contribution in [1.82, 2.24) is 5.32 Å². The van der Waals surface area contributed by atoms with Gasteiger partial charge >= 0.3 is 0 Å². The molecule has 1 saturated carbocycles. The molecule has 1 aromatic rings. The van der Waals surface area contributed by atoms with Gasteiger partial charge in [0.15, 0.2) is 5.96 Å². The Kier molecular flexibility index (Phi) is 8.98. The minimum Gasteiger partial charge on any atom is -0.370 e. The minimum absolute atomic E-state index is 0. The zero-order valence-electron chi connectivity index (χ0n) is 13.7.